The Balaban J connectivity index is 2.82. The molecule has 0 spiro atoms. The zero-order valence-corrected chi connectivity index (χ0v) is 23.1. The Hall–Kier alpha value is -1.98. The minimum Gasteiger partial charge on any atom is -0.383 e. The zero-order valence-electron chi connectivity index (χ0n) is 22.2. The van der Waals surface area contributed by atoms with E-state index in [4.69, 9.17) is 4.74 Å². The second-order valence-electron chi connectivity index (χ2n) is 9.55. The van der Waals surface area contributed by atoms with Gasteiger partial charge in [0, 0.05) is 14.2 Å². The van der Waals surface area contributed by atoms with Gasteiger partial charge in [-0.3, -0.25) is 9.36 Å². The van der Waals surface area contributed by atoms with Crippen LogP contribution in [0.25, 0.3) is 0 Å². The minimum atomic E-state index is -4.64. The molecular formula is C28H44NO5P. The summed E-state index contributed by atoms with van der Waals surface area (Å²) in [5.74, 6) is -0.560. The summed E-state index contributed by atoms with van der Waals surface area (Å²) in [6.45, 7) is 8.55. The number of carbonyl (C=O) groups excluding carboxylic acids is 1. The number of hydrogen-bond donors (Lipinski definition) is 2. The monoisotopic (exact) mass is 505 g/mol. The van der Waals surface area contributed by atoms with E-state index < -0.39 is 19.2 Å². The lowest BCUT2D eigenvalue weighted by Crippen LogP contribution is -2.46. The van der Waals surface area contributed by atoms with Gasteiger partial charge >= 0.3 is 7.60 Å². The van der Waals surface area contributed by atoms with Crippen molar-refractivity contribution in [2.45, 2.75) is 77.9 Å². The smallest absolute Gasteiger partial charge is 0.338 e. The average Bonchev–Trinajstić information content (AvgIpc) is 2.77. The molecule has 6 nitrogen and oxygen atoms in total. The third-order valence-electron chi connectivity index (χ3n) is 6.07. The van der Waals surface area contributed by atoms with Crippen LogP contribution in [0.4, 0.5) is 0 Å². The molecule has 0 aliphatic heterocycles. The molecule has 0 aliphatic carbocycles. The average molecular weight is 506 g/mol. The zero-order chi connectivity index (χ0) is 26.4. The van der Waals surface area contributed by atoms with Crippen molar-refractivity contribution in [2.75, 3.05) is 20.8 Å². The molecule has 1 amide bonds. The first-order chi connectivity index (χ1) is 16.5. The van der Waals surface area contributed by atoms with Gasteiger partial charge in [-0.1, -0.05) is 65.3 Å². The molecule has 0 aliphatic rings. The van der Waals surface area contributed by atoms with E-state index in [9.17, 15) is 19.1 Å². The van der Waals surface area contributed by atoms with Gasteiger partial charge < -0.3 is 19.4 Å². The Morgan fingerprint density at radius 1 is 1.00 bits per heavy atom. The fraction of sp³-hybridized carbons (Fsp3) is 0.536. The summed E-state index contributed by atoms with van der Waals surface area (Å²) >= 11 is 0. The molecular weight excluding hydrogens is 461 g/mol. The van der Waals surface area contributed by atoms with Crippen molar-refractivity contribution in [2.24, 2.45) is 0 Å². The molecule has 7 heteroatoms. The minimum absolute atomic E-state index is 0.00753. The Bertz CT molecular complexity index is 913. The highest BCUT2D eigenvalue weighted by Crippen LogP contribution is 2.44. The van der Waals surface area contributed by atoms with Crippen LogP contribution in [0.3, 0.4) is 0 Å². The van der Waals surface area contributed by atoms with Crippen molar-refractivity contribution in [3.8, 4) is 0 Å². The molecule has 0 radical (unpaired) electrons. The van der Waals surface area contributed by atoms with E-state index in [1.54, 1.807) is 20.2 Å². The van der Waals surface area contributed by atoms with E-state index in [1.807, 2.05) is 37.3 Å². The number of hydrogen-bond acceptors (Lipinski definition) is 3. The molecule has 0 aromatic heterocycles. The van der Waals surface area contributed by atoms with Gasteiger partial charge in [0.2, 0.25) is 5.91 Å². The summed E-state index contributed by atoms with van der Waals surface area (Å²) < 4.78 is 17.6. The lowest BCUT2D eigenvalue weighted by molar-refractivity contribution is -0.132. The van der Waals surface area contributed by atoms with Crippen molar-refractivity contribution >= 4 is 13.5 Å². The van der Waals surface area contributed by atoms with Gasteiger partial charge in [-0.05, 0) is 71.8 Å². The molecule has 0 heterocycles. The number of methoxy groups -OCH3 is 1. The second kappa shape index (κ2) is 15.9. The number of allylic oxidation sites excluding steroid dienone is 6. The Morgan fingerprint density at radius 3 is 2.11 bits per heavy atom. The SMILES string of the molecule is COC[C@@H](Cc1ccccc1)N(C)C(=O)C(C/C=C(\C)CC/C=C(\C)CCC=C(C)C)P(=O)(O)O. The highest BCUT2D eigenvalue weighted by atomic mass is 31.2. The highest BCUT2D eigenvalue weighted by molar-refractivity contribution is 7.53. The number of rotatable bonds is 15. The molecule has 1 unspecified atom stereocenters. The van der Waals surface area contributed by atoms with Crippen molar-refractivity contribution in [3.05, 3.63) is 70.8 Å². The molecule has 35 heavy (non-hydrogen) atoms. The van der Waals surface area contributed by atoms with Crippen LogP contribution >= 0.6 is 7.60 Å². The van der Waals surface area contributed by atoms with Gasteiger partial charge in [-0.2, -0.15) is 0 Å². The molecule has 0 bridgehead atoms. The number of likely N-dealkylation sites (N-methyl/N-ethyl adjacent to an activating group) is 1. The predicted molar refractivity (Wildman–Crippen MR) is 144 cm³/mol. The van der Waals surface area contributed by atoms with Crippen LogP contribution < -0.4 is 0 Å². The topological polar surface area (TPSA) is 87.1 Å². The maximum absolute atomic E-state index is 13.2. The fourth-order valence-electron chi connectivity index (χ4n) is 3.83. The number of ether oxygens (including phenoxy) is 1. The van der Waals surface area contributed by atoms with Gasteiger partial charge in [-0.25, -0.2) is 0 Å². The van der Waals surface area contributed by atoms with Crippen molar-refractivity contribution in [3.63, 3.8) is 0 Å². The highest BCUT2D eigenvalue weighted by Gasteiger charge is 2.38. The molecule has 2 atom stereocenters. The van der Waals surface area contributed by atoms with Crippen LogP contribution in [0.15, 0.2) is 65.3 Å². The van der Waals surface area contributed by atoms with Crippen LogP contribution in [0, 0.1) is 0 Å². The molecule has 1 aromatic carbocycles. The van der Waals surface area contributed by atoms with Crippen LogP contribution in [-0.4, -0.2) is 53.1 Å². The van der Waals surface area contributed by atoms with E-state index in [0.717, 1.165) is 36.8 Å². The van der Waals surface area contributed by atoms with Crippen LogP contribution in [0.1, 0.15) is 65.4 Å². The third kappa shape index (κ3) is 12.5. The summed E-state index contributed by atoms with van der Waals surface area (Å²) in [4.78, 5) is 34.6. The number of benzene rings is 1. The van der Waals surface area contributed by atoms with E-state index in [2.05, 4.69) is 32.9 Å². The van der Waals surface area contributed by atoms with E-state index in [1.165, 1.54) is 16.0 Å². The van der Waals surface area contributed by atoms with Crippen molar-refractivity contribution < 1.29 is 23.9 Å². The molecule has 1 rings (SSSR count). The third-order valence-corrected chi connectivity index (χ3v) is 7.32. The maximum atomic E-state index is 13.2. The lowest BCUT2D eigenvalue weighted by atomic mass is 10.0. The first-order valence-electron chi connectivity index (χ1n) is 12.2. The molecule has 2 N–H and O–H groups in total. The normalized spacial score (nSPS) is 14.4. The first kappa shape index (κ1) is 31.1. The van der Waals surface area contributed by atoms with Crippen molar-refractivity contribution in [1.29, 1.82) is 0 Å². The van der Waals surface area contributed by atoms with E-state index >= 15 is 0 Å². The second-order valence-corrected chi connectivity index (χ2v) is 11.3. The van der Waals surface area contributed by atoms with Gasteiger partial charge in [-0.15, -0.1) is 0 Å². The summed E-state index contributed by atoms with van der Waals surface area (Å²) in [6, 6.07) is 9.37. The molecule has 1 aromatic rings. The number of carbonyl (C=O) groups is 1. The molecule has 0 saturated carbocycles. The maximum Gasteiger partial charge on any atom is 0.338 e. The molecule has 0 saturated heterocycles. The van der Waals surface area contributed by atoms with E-state index in [0.29, 0.717) is 6.42 Å². The van der Waals surface area contributed by atoms with E-state index in [-0.39, 0.29) is 19.1 Å². The summed E-state index contributed by atoms with van der Waals surface area (Å²) in [5, 5.41) is 0. The van der Waals surface area contributed by atoms with Crippen LogP contribution in [0.2, 0.25) is 0 Å². The largest absolute Gasteiger partial charge is 0.383 e. The van der Waals surface area contributed by atoms with Crippen LogP contribution in [-0.2, 0) is 20.5 Å². The van der Waals surface area contributed by atoms with Gasteiger partial charge in [0.05, 0.1) is 12.6 Å². The molecule has 0 fully saturated rings. The fourth-order valence-corrected chi connectivity index (χ4v) is 4.68. The lowest BCUT2D eigenvalue weighted by Gasteiger charge is -2.31. The summed E-state index contributed by atoms with van der Waals surface area (Å²) in [6.07, 6.45) is 10.5. The Morgan fingerprint density at radius 2 is 1.57 bits per heavy atom. The Kier molecular flexibility index (Phi) is 14.1. The standard InChI is InChI=1S/C28H44NO5P/c1-22(2)12-10-13-23(3)14-11-15-24(4)18-19-27(35(31,32)33)28(30)29(5)26(21-34-6)20-25-16-8-7-9-17-25/h7-9,12,14,16-18,26-27H,10-11,13,15,19-21H2,1-6H3,(H2,31,32,33)/b23-14+,24-18+/t26-,27?/m1/s1. The first-order valence-corrected chi connectivity index (χ1v) is 13.9. The van der Waals surface area contributed by atoms with Crippen LogP contribution in [0.5, 0.6) is 0 Å². The number of nitrogens with zero attached hydrogens (tertiary/aromatic N) is 1. The van der Waals surface area contributed by atoms with Gasteiger partial charge in [0.25, 0.3) is 0 Å². The predicted octanol–water partition coefficient (Wildman–Crippen LogP) is 6.06. The summed E-state index contributed by atoms with van der Waals surface area (Å²) in [5.41, 5.74) is 3.30. The molecule has 196 valence electrons. The van der Waals surface area contributed by atoms with Gasteiger partial charge in [0.1, 0.15) is 5.66 Å². The Labute approximate surface area is 211 Å². The van der Waals surface area contributed by atoms with Crippen molar-refractivity contribution in [1.82, 2.24) is 4.90 Å². The van der Waals surface area contributed by atoms with Gasteiger partial charge in [0.15, 0.2) is 0 Å². The summed E-state index contributed by atoms with van der Waals surface area (Å²) in [7, 11) is -1.49. The quantitative estimate of drug-likeness (QED) is 0.224. The number of amides is 1.